The van der Waals surface area contributed by atoms with E-state index in [0.29, 0.717) is 18.7 Å². The van der Waals surface area contributed by atoms with Gasteiger partial charge in [0.2, 0.25) is 5.91 Å². The minimum absolute atomic E-state index is 0. The first-order chi connectivity index (χ1) is 13.0. The van der Waals surface area contributed by atoms with Crippen molar-refractivity contribution in [1.82, 2.24) is 20.4 Å². The van der Waals surface area contributed by atoms with Gasteiger partial charge in [-0.15, -0.1) is 12.4 Å². The lowest BCUT2D eigenvalue weighted by Gasteiger charge is -2.23. The summed E-state index contributed by atoms with van der Waals surface area (Å²) in [5.74, 6) is -1.26. The van der Waals surface area contributed by atoms with Gasteiger partial charge in [-0.3, -0.25) is 14.3 Å². The van der Waals surface area contributed by atoms with Crippen LogP contribution >= 0.6 is 12.4 Å². The number of benzene rings is 1. The van der Waals surface area contributed by atoms with E-state index in [2.05, 4.69) is 15.7 Å². The zero-order valence-corrected chi connectivity index (χ0v) is 16.5. The van der Waals surface area contributed by atoms with Crippen molar-refractivity contribution in [1.29, 1.82) is 0 Å². The smallest absolute Gasteiger partial charge is 0.307 e. The number of aryl methyl sites for hydroxylation is 1. The molecule has 1 amide bonds. The predicted molar refractivity (Wildman–Crippen MR) is 103 cm³/mol. The van der Waals surface area contributed by atoms with Crippen LogP contribution in [0.3, 0.4) is 0 Å². The third-order valence-electron chi connectivity index (χ3n) is 4.89. The second kappa shape index (κ2) is 9.66. The summed E-state index contributed by atoms with van der Waals surface area (Å²) in [6, 6.07) is 5.16. The minimum Gasteiger partial charge on any atom is -0.469 e. The molecule has 1 aromatic carbocycles. The molecule has 3 rings (SSSR count). The number of methoxy groups -OCH3 is 1. The van der Waals surface area contributed by atoms with Crippen molar-refractivity contribution in [2.24, 2.45) is 13.0 Å². The van der Waals surface area contributed by atoms with E-state index >= 15 is 0 Å². The van der Waals surface area contributed by atoms with Crippen LogP contribution in [-0.2, 0) is 21.4 Å². The number of carbonyl (C=O) groups excluding carboxylic acids is 2. The maximum absolute atomic E-state index is 13.2. The Labute approximate surface area is 169 Å². The van der Waals surface area contributed by atoms with Crippen LogP contribution in [0.4, 0.5) is 4.39 Å². The molecule has 0 spiro atoms. The van der Waals surface area contributed by atoms with Crippen LogP contribution < -0.4 is 10.6 Å². The largest absolute Gasteiger partial charge is 0.469 e. The van der Waals surface area contributed by atoms with Gasteiger partial charge in [0.1, 0.15) is 5.82 Å². The van der Waals surface area contributed by atoms with E-state index in [1.807, 2.05) is 13.2 Å². The van der Waals surface area contributed by atoms with Gasteiger partial charge in [0.05, 0.1) is 31.7 Å². The Morgan fingerprint density at radius 2 is 2.07 bits per heavy atom. The van der Waals surface area contributed by atoms with Crippen LogP contribution in [0, 0.1) is 11.7 Å². The highest BCUT2D eigenvalue weighted by Gasteiger charge is 2.36. The molecule has 1 fully saturated rings. The van der Waals surface area contributed by atoms with Crippen molar-refractivity contribution >= 4 is 24.3 Å². The monoisotopic (exact) mass is 410 g/mol. The summed E-state index contributed by atoms with van der Waals surface area (Å²) in [6.07, 6.45) is 3.65. The Kier molecular flexibility index (Phi) is 7.53. The number of rotatable bonds is 6. The Morgan fingerprint density at radius 3 is 2.68 bits per heavy atom. The number of hydrogen-bond acceptors (Lipinski definition) is 5. The molecule has 1 aromatic heterocycles. The van der Waals surface area contributed by atoms with Crippen LogP contribution in [0.2, 0.25) is 0 Å². The third kappa shape index (κ3) is 5.08. The van der Waals surface area contributed by atoms with Gasteiger partial charge >= 0.3 is 5.97 Å². The molecule has 152 valence electrons. The van der Waals surface area contributed by atoms with Crippen LogP contribution in [0.1, 0.15) is 29.5 Å². The molecule has 28 heavy (non-hydrogen) atoms. The number of amides is 1. The fourth-order valence-electron chi connectivity index (χ4n) is 3.41. The fourth-order valence-corrected chi connectivity index (χ4v) is 3.41. The fraction of sp³-hybridized carbons (Fsp3) is 0.421. The van der Waals surface area contributed by atoms with Gasteiger partial charge in [0, 0.05) is 32.3 Å². The standard InChI is InChI=1S/C19H23FN4O3.ClH/c1-24-11-13(8-22-24)15-9-21-10-16(15)19(26)23-17(7-18(25)27-2)12-3-5-14(20)6-4-12;/h3-6,8,11,15-17,21H,7,9-10H2,1-2H3,(H,23,26);1H/t15-,16+,17?;/m1./s1. The Balaban J connectivity index is 0.00000280. The molecule has 1 unspecified atom stereocenters. The molecule has 9 heteroatoms. The van der Waals surface area contributed by atoms with Gasteiger partial charge in [0.25, 0.3) is 0 Å². The molecule has 2 N–H and O–H groups in total. The van der Waals surface area contributed by atoms with E-state index in [-0.39, 0.29) is 42.4 Å². The SMILES string of the molecule is COC(=O)CC(NC(=O)[C@H]1CNC[C@@H]1c1cnn(C)c1)c1ccc(F)cc1.Cl. The molecule has 0 radical (unpaired) electrons. The number of halogens is 2. The van der Waals surface area contributed by atoms with E-state index in [4.69, 9.17) is 4.74 Å². The number of esters is 1. The van der Waals surface area contributed by atoms with Crippen molar-refractivity contribution in [2.45, 2.75) is 18.4 Å². The summed E-state index contributed by atoms with van der Waals surface area (Å²) in [5, 5.41) is 10.4. The average molecular weight is 411 g/mol. The highest BCUT2D eigenvalue weighted by molar-refractivity contribution is 5.85. The van der Waals surface area contributed by atoms with E-state index in [1.165, 1.54) is 19.2 Å². The molecule has 0 bridgehead atoms. The number of carbonyl (C=O) groups is 2. The van der Waals surface area contributed by atoms with E-state index in [1.54, 1.807) is 23.0 Å². The summed E-state index contributed by atoms with van der Waals surface area (Å²) in [4.78, 5) is 24.7. The number of hydrogen-bond donors (Lipinski definition) is 2. The Bertz CT molecular complexity index is 812. The lowest BCUT2D eigenvalue weighted by Crippen LogP contribution is -2.37. The van der Waals surface area contributed by atoms with E-state index < -0.39 is 12.0 Å². The van der Waals surface area contributed by atoms with Crippen LogP contribution in [0.5, 0.6) is 0 Å². The van der Waals surface area contributed by atoms with Gasteiger partial charge in [-0.2, -0.15) is 5.10 Å². The minimum atomic E-state index is -0.583. The van der Waals surface area contributed by atoms with E-state index in [9.17, 15) is 14.0 Å². The maximum Gasteiger partial charge on any atom is 0.307 e. The first kappa shape index (κ1) is 21.8. The number of ether oxygens (including phenoxy) is 1. The molecule has 7 nitrogen and oxygen atoms in total. The first-order valence-corrected chi connectivity index (χ1v) is 8.80. The number of aromatic nitrogens is 2. The summed E-state index contributed by atoms with van der Waals surface area (Å²) in [7, 11) is 3.13. The number of nitrogens with one attached hydrogen (secondary N) is 2. The molecule has 2 heterocycles. The predicted octanol–water partition coefficient (Wildman–Crippen LogP) is 1.70. The van der Waals surface area contributed by atoms with Gasteiger partial charge in [-0.05, 0) is 23.3 Å². The van der Waals surface area contributed by atoms with Crippen LogP contribution in [0.25, 0.3) is 0 Å². The third-order valence-corrected chi connectivity index (χ3v) is 4.89. The second-order valence-electron chi connectivity index (χ2n) is 6.71. The molecule has 0 saturated carbocycles. The van der Waals surface area contributed by atoms with Crippen molar-refractivity contribution in [3.05, 3.63) is 53.6 Å². The summed E-state index contributed by atoms with van der Waals surface area (Å²) >= 11 is 0. The lowest BCUT2D eigenvalue weighted by atomic mass is 9.89. The molecular formula is C19H24ClFN4O3. The summed E-state index contributed by atoms with van der Waals surface area (Å²) < 4.78 is 19.7. The van der Waals surface area contributed by atoms with E-state index in [0.717, 1.165) is 5.56 Å². The zero-order chi connectivity index (χ0) is 19.4. The molecule has 1 saturated heterocycles. The van der Waals surface area contributed by atoms with Gasteiger partial charge in [-0.25, -0.2) is 4.39 Å². The molecule has 1 aliphatic rings. The zero-order valence-electron chi connectivity index (χ0n) is 15.7. The van der Waals surface area contributed by atoms with Gasteiger partial charge < -0.3 is 15.4 Å². The second-order valence-corrected chi connectivity index (χ2v) is 6.71. The Hall–Kier alpha value is -2.45. The molecule has 0 aliphatic carbocycles. The van der Waals surface area contributed by atoms with Crippen molar-refractivity contribution in [3.63, 3.8) is 0 Å². The maximum atomic E-state index is 13.2. The molecule has 1 aliphatic heterocycles. The lowest BCUT2D eigenvalue weighted by molar-refractivity contribution is -0.141. The van der Waals surface area contributed by atoms with Crippen molar-refractivity contribution < 1.29 is 18.7 Å². The first-order valence-electron chi connectivity index (χ1n) is 8.80. The molecule has 2 aromatic rings. The highest BCUT2D eigenvalue weighted by atomic mass is 35.5. The molecular weight excluding hydrogens is 387 g/mol. The topological polar surface area (TPSA) is 85.2 Å². The summed E-state index contributed by atoms with van der Waals surface area (Å²) in [6.45, 7) is 1.22. The number of nitrogens with zero attached hydrogens (tertiary/aromatic N) is 2. The summed E-state index contributed by atoms with van der Waals surface area (Å²) in [5.41, 5.74) is 1.65. The van der Waals surface area contributed by atoms with Gasteiger partial charge in [-0.1, -0.05) is 12.1 Å². The van der Waals surface area contributed by atoms with Crippen molar-refractivity contribution in [3.8, 4) is 0 Å². The highest BCUT2D eigenvalue weighted by Crippen LogP contribution is 2.29. The molecule has 3 atom stereocenters. The van der Waals surface area contributed by atoms with Gasteiger partial charge in [0.15, 0.2) is 0 Å². The van der Waals surface area contributed by atoms with Crippen LogP contribution in [0.15, 0.2) is 36.7 Å². The quantitative estimate of drug-likeness (QED) is 0.708. The average Bonchev–Trinajstić information content (AvgIpc) is 3.30. The van der Waals surface area contributed by atoms with Crippen LogP contribution in [-0.4, -0.2) is 41.9 Å². The normalized spacial score (nSPS) is 19.5. The van der Waals surface area contributed by atoms with Crippen molar-refractivity contribution in [2.75, 3.05) is 20.2 Å². The Morgan fingerprint density at radius 1 is 1.36 bits per heavy atom.